The first-order valence-corrected chi connectivity index (χ1v) is 9.20. The number of carbonyl (C=O) groups excluding carboxylic acids is 2. The van der Waals surface area contributed by atoms with E-state index >= 15 is 0 Å². The summed E-state index contributed by atoms with van der Waals surface area (Å²) < 4.78 is 0. The number of nitrogens with zero attached hydrogens (tertiary/aromatic N) is 3. The standard InChI is InChI=1S/C16H24N4O2S/c1-11-4-6-19(13(7-11)9-17)15(22)8-12-10-23-16(18-12)20-5-2-3-14(20)21/h10-11,13H,2-9,17H2,1H3. The fourth-order valence-corrected chi connectivity index (χ4v) is 4.28. The number of anilines is 1. The largest absolute Gasteiger partial charge is 0.338 e. The van der Waals surface area contributed by atoms with Crippen molar-refractivity contribution >= 4 is 28.3 Å². The third-order valence-corrected chi connectivity index (χ3v) is 5.66. The Bertz CT molecular complexity index is 588. The van der Waals surface area contributed by atoms with Gasteiger partial charge in [-0.15, -0.1) is 11.3 Å². The highest BCUT2D eigenvalue weighted by atomic mass is 32.1. The van der Waals surface area contributed by atoms with Crippen LogP contribution in [0.3, 0.4) is 0 Å². The molecule has 0 saturated carbocycles. The quantitative estimate of drug-likeness (QED) is 0.901. The number of hydrogen-bond donors (Lipinski definition) is 1. The smallest absolute Gasteiger partial charge is 0.228 e. The topological polar surface area (TPSA) is 79.5 Å². The molecule has 3 heterocycles. The van der Waals surface area contributed by atoms with Crippen LogP contribution in [-0.2, 0) is 16.0 Å². The summed E-state index contributed by atoms with van der Waals surface area (Å²) in [6.07, 6.45) is 3.79. The predicted octanol–water partition coefficient (Wildman–Crippen LogP) is 1.40. The molecule has 0 radical (unpaired) electrons. The van der Waals surface area contributed by atoms with Crippen LogP contribution < -0.4 is 10.6 Å². The summed E-state index contributed by atoms with van der Waals surface area (Å²) in [6.45, 7) is 4.24. The van der Waals surface area contributed by atoms with Gasteiger partial charge < -0.3 is 10.6 Å². The van der Waals surface area contributed by atoms with Gasteiger partial charge in [0.2, 0.25) is 11.8 Å². The molecule has 0 bridgehead atoms. The molecule has 2 aliphatic heterocycles. The van der Waals surface area contributed by atoms with E-state index in [2.05, 4.69) is 11.9 Å². The average Bonchev–Trinajstić information content (AvgIpc) is 3.15. The summed E-state index contributed by atoms with van der Waals surface area (Å²) in [7, 11) is 0. The van der Waals surface area contributed by atoms with E-state index < -0.39 is 0 Å². The highest BCUT2D eigenvalue weighted by Gasteiger charge is 2.30. The Labute approximate surface area is 140 Å². The number of piperidine rings is 1. The molecule has 6 nitrogen and oxygen atoms in total. The molecule has 0 spiro atoms. The van der Waals surface area contributed by atoms with E-state index in [1.54, 1.807) is 4.90 Å². The first-order valence-electron chi connectivity index (χ1n) is 8.32. The Hall–Kier alpha value is -1.47. The zero-order valence-corrected chi connectivity index (χ0v) is 14.3. The number of amides is 2. The van der Waals surface area contributed by atoms with Crippen molar-refractivity contribution in [1.29, 1.82) is 0 Å². The Morgan fingerprint density at radius 2 is 2.30 bits per heavy atom. The molecule has 2 amide bonds. The van der Waals surface area contributed by atoms with Gasteiger partial charge in [0.1, 0.15) is 0 Å². The Kier molecular flexibility index (Phi) is 4.96. The van der Waals surface area contributed by atoms with E-state index in [0.717, 1.165) is 43.2 Å². The van der Waals surface area contributed by atoms with E-state index in [9.17, 15) is 9.59 Å². The van der Waals surface area contributed by atoms with E-state index in [0.29, 0.717) is 25.3 Å². The summed E-state index contributed by atoms with van der Waals surface area (Å²) in [5.74, 6) is 0.849. The van der Waals surface area contributed by atoms with Crippen LogP contribution in [0.15, 0.2) is 5.38 Å². The van der Waals surface area contributed by atoms with Crippen molar-refractivity contribution in [3.63, 3.8) is 0 Å². The van der Waals surface area contributed by atoms with Gasteiger partial charge >= 0.3 is 0 Å². The number of hydrogen-bond acceptors (Lipinski definition) is 5. The molecular formula is C16H24N4O2S. The predicted molar refractivity (Wildman–Crippen MR) is 90.4 cm³/mol. The van der Waals surface area contributed by atoms with Crippen LogP contribution in [-0.4, -0.2) is 47.4 Å². The molecule has 2 unspecified atom stereocenters. The van der Waals surface area contributed by atoms with Crippen LogP contribution in [0.2, 0.25) is 0 Å². The number of likely N-dealkylation sites (tertiary alicyclic amines) is 1. The Balaban J connectivity index is 1.64. The second-order valence-corrected chi connectivity index (χ2v) is 7.39. The van der Waals surface area contributed by atoms with Crippen molar-refractivity contribution in [2.24, 2.45) is 11.7 Å². The van der Waals surface area contributed by atoms with Crippen molar-refractivity contribution in [3.8, 4) is 0 Å². The molecule has 126 valence electrons. The maximum Gasteiger partial charge on any atom is 0.228 e. The van der Waals surface area contributed by atoms with Crippen LogP contribution in [0.4, 0.5) is 5.13 Å². The summed E-state index contributed by atoms with van der Waals surface area (Å²) >= 11 is 1.44. The molecule has 2 atom stereocenters. The van der Waals surface area contributed by atoms with E-state index in [1.807, 2.05) is 10.3 Å². The monoisotopic (exact) mass is 336 g/mol. The highest BCUT2D eigenvalue weighted by Crippen LogP contribution is 2.27. The fourth-order valence-electron chi connectivity index (χ4n) is 3.41. The number of aromatic nitrogens is 1. The molecule has 2 aliphatic rings. The number of carbonyl (C=O) groups is 2. The Morgan fingerprint density at radius 1 is 1.48 bits per heavy atom. The second kappa shape index (κ2) is 6.97. The minimum atomic E-state index is 0.0944. The van der Waals surface area contributed by atoms with E-state index in [1.165, 1.54) is 11.3 Å². The molecule has 2 saturated heterocycles. The van der Waals surface area contributed by atoms with Crippen LogP contribution >= 0.6 is 11.3 Å². The second-order valence-electron chi connectivity index (χ2n) is 6.55. The van der Waals surface area contributed by atoms with Gasteiger partial charge in [-0.05, 0) is 25.2 Å². The lowest BCUT2D eigenvalue weighted by Gasteiger charge is -2.38. The number of rotatable bonds is 4. The van der Waals surface area contributed by atoms with Crippen molar-refractivity contribution in [1.82, 2.24) is 9.88 Å². The molecule has 7 heteroatoms. The summed E-state index contributed by atoms with van der Waals surface area (Å²) in [4.78, 5) is 32.5. The maximum atomic E-state index is 12.6. The van der Waals surface area contributed by atoms with Crippen LogP contribution in [0.5, 0.6) is 0 Å². The van der Waals surface area contributed by atoms with Gasteiger partial charge in [0, 0.05) is 37.5 Å². The fraction of sp³-hybridized carbons (Fsp3) is 0.688. The van der Waals surface area contributed by atoms with Crippen molar-refractivity contribution in [2.45, 2.75) is 45.1 Å². The van der Waals surface area contributed by atoms with Crippen LogP contribution in [0.25, 0.3) is 0 Å². The van der Waals surface area contributed by atoms with Gasteiger partial charge in [-0.1, -0.05) is 6.92 Å². The molecule has 3 rings (SSSR count). The first kappa shape index (κ1) is 16.4. The number of nitrogens with two attached hydrogens (primary N) is 1. The minimum absolute atomic E-state index is 0.0944. The van der Waals surface area contributed by atoms with Crippen molar-refractivity contribution < 1.29 is 9.59 Å². The van der Waals surface area contributed by atoms with Crippen molar-refractivity contribution in [3.05, 3.63) is 11.1 Å². The summed E-state index contributed by atoms with van der Waals surface area (Å²) in [5, 5.41) is 2.61. The molecule has 23 heavy (non-hydrogen) atoms. The normalized spacial score (nSPS) is 25.2. The summed E-state index contributed by atoms with van der Waals surface area (Å²) in [5.41, 5.74) is 6.59. The third kappa shape index (κ3) is 3.55. The van der Waals surface area contributed by atoms with Crippen molar-refractivity contribution in [2.75, 3.05) is 24.5 Å². The van der Waals surface area contributed by atoms with E-state index in [4.69, 9.17) is 5.73 Å². The van der Waals surface area contributed by atoms with Gasteiger partial charge in [-0.25, -0.2) is 4.98 Å². The van der Waals surface area contributed by atoms with Gasteiger partial charge in [0.25, 0.3) is 0 Å². The highest BCUT2D eigenvalue weighted by molar-refractivity contribution is 7.14. The summed E-state index contributed by atoms with van der Waals surface area (Å²) in [6, 6.07) is 0.143. The maximum absolute atomic E-state index is 12.6. The van der Waals surface area contributed by atoms with Crippen LogP contribution in [0.1, 0.15) is 38.3 Å². The molecule has 1 aromatic rings. The zero-order chi connectivity index (χ0) is 16.4. The lowest BCUT2D eigenvalue weighted by atomic mass is 9.92. The molecule has 1 aromatic heterocycles. The Morgan fingerprint density at radius 3 is 3.00 bits per heavy atom. The van der Waals surface area contributed by atoms with Gasteiger partial charge in [-0.3, -0.25) is 14.5 Å². The SMILES string of the molecule is CC1CCN(C(=O)Cc2csc(N3CCCC3=O)n2)C(CN)C1. The lowest BCUT2D eigenvalue weighted by Crippen LogP contribution is -2.49. The molecule has 2 N–H and O–H groups in total. The van der Waals surface area contributed by atoms with Gasteiger partial charge in [0.15, 0.2) is 5.13 Å². The first-order chi connectivity index (χ1) is 11.1. The van der Waals surface area contributed by atoms with E-state index in [-0.39, 0.29) is 17.9 Å². The third-order valence-electron chi connectivity index (χ3n) is 4.75. The van der Waals surface area contributed by atoms with Gasteiger partial charge in [-0.2, -0.15) is 0 Å². The zero-order valence-electron chi connectivity index (χ0n) is 13.5. The molecule has 0 aromatic carbocycles. The average molecular weight is 336 g/mol. The molecule has 2 fully saturated rings. The van der Waals surface area contributed by atoms with Gasteiger partial charge in [0.05, 0.1) is 12.1 Å². The minimum Gasteiger partial charge on any atom is -0.338 e. The molecule has 0 aliphatic carbocycles. The molecular weight excluding hydrogens is 312 g/mol. The number of thiazole rings is 1. The van der Waals surface area contributed by atoms with Crippen LogP contribution in [0, 0.1) is 5.92 Å². The lowest BCUT2D eigenvalue weighted by molar-refractivity contribution is -0.134.